The van der Waals surface area contributed by atoms with Gasteiger partial charge in [-0.05, 0) is 19.9 Å². The minimum atomic E-state index is -0.465. The van der Waals surface area contributed by atoms with Crippen molar-refractivity contribution >= 4 is 17.2 Å². The average molecular weight is 432 g/mol. The first-order valence-corrected chi connectivity index (χ1v) is 10.7. The first-order chi connectivity index (χ1) is 14.6. The second-order valence-electron chi connectivity index (χ2n) is 6.73. The Kier molecular flexibility index (Phi) is 9.59. The normalized spacial score (nSPS) is 13.8. The fourth-order valence-corrected chi connectivity index (χ4v) is 3.60. The second kappa shape index (κ2) is 12.2. The predicted molar refractivity (Wildman–Crippen MR) is 117 cm³/mol. The Morgan fingerprint density at radius 2 is 2.00 bits per heavy atom. The third kappa shape index (κ3) is 6.72. The maximum Gasteiger partial charge on any atom is 0.273 e. The molecule has 162 valence electrons. The predicted octanol–water partition coefficient (Wildman–Crippen LogP) is 3.21. The molecule has 0 saturated heterocycles. The van der Waals surface area contributed by atoms with E-state index in [1.165, 1.54) is 26.3 Å². The summed E-state index contributed by atoms with van der Waals surface area (Å²) in [4.78, 5) is 11.2. The summed E-state index contributed by atoms with van der Waals surface area (Å²) in [6, 6.07) is 11.1. The van der Waals surface area contributed by atoms with Gasteiger partial charge in [0.1, 0.15) is 16.1 Å². The molecule has 1 unspecified atom stereocenters. The Bertz CT molecular complexity index is 891. The van der Waals surface area contributed by atoms with Gasteiger partial charge >= 0.3 is 0 Å². The first kappa shape index (κ1) is 23.7. The van der Waals surface area contributed by atoms with Gasteiger partial charge in [0.2, 0.25) is 0 Å². The molecule has 0 radical (unpaired) electrons. The summed E-state index contributed by atoms with van der Waals surface area (Å²) >= 11 is 1.55. The molecule has 1 amide bonds. The van der Waals surface area contributed by atoms with E-state index in [0.717, 1.165) is 27.9 Å². The largest absolute Gasteiger partial charge is 0.386 e. The van der Waals surface area contributed by atoms with Gasteiger partial charge in [-0.2, -0.15) is 0 Å². The van der Waals surface area contributed by atoms with Gasteiger partial charge in [-0.3, -0.25) is 4.79 Å². The van der Waals surface area contributed by atoms with E-state index in [1.54, 1.807) is 31.4 Å². The van der Waals surface area contributed by atoms with Gasteiger partial charge in [0.05, 0.1) is 0 Å². The lowest BCUT2D eigenvalue weighted by molar-refractivity contribution is 0.0954. The zero-order chi connectivity index (χ0) is 21.9. The van der Waals surface area contributed by atoms with Crippen LogP contribution in [0.1, 0.15) is 52.8 Å². The van der Waals surface area contributed by atoms with E-state index >= 15 is 0 Å². The Morgan fingerprint density at radius 3 is 2.53 bits per heavy atom. The van der Waals surface area contributed by atoms with Gasteiger partial charge in [-0.25, -0.2) is 0 Å². The number of carbonyl (C=O) groups excluding carboxylic acids is 1. The number of aromatic nitrogens is 3. The summed E-state index contributed by atoms with van der Waals surface area (Å²) in [6.07, 6.45) is 4.64. The molecule has 0 aliphatic heterocycles. The van der Waals surface area contributed by atoms with Crippen molar-refractivity contribution in [1.29, 1.82) is 0 Å². The third-order valence-electron chi connectivity index (χ3n) is 4.56. The molecule has 4 rings (SSSR count). The molecule has 4 N–H and O–H groups in total. The van der Waals surface area contributed by atoms with Crippen LogP contribution in [0.3, 0.4) is 0 Å². The molecular formula is C21H29N5O3S. The number of amides is 1. The molecule has 2 heterocycles. The van der Waals surface area contributed by atoms with Crippen molar-refractivity contribution in [1.82, 2.24) is 20.7 Å². The molecule has 1 fully saturated rings. The van der Waals surface area contributed by atoms with E-state index in [4.69, 9.17) is 4.52 Å². The standard InChI is InChI=1S/C11H10N2O2.C9H14N2OS.CH5N/c1-12-11(14)9-7-10(15-13-9)8-5-3-2-4-6-8;1-6(12)9-11-10-8(13-9)5-7-3-2-4-7;1-2/h2-7H,1H3,(H,12,14);6-7,12H,2-5H2,1H3;2H2,1H3. The fraction of sp³-hybridized carbons (Fsp3) is 0.429. The highest BCUT2D eigenvalue weighted by molar-refractivity contribution is 7.11. The van der Waals surface area contributed by atoms with Crippen LogP contribution < -0.4 is 11.1 Å². The molecule has 1 aliphatic rings. The number of hydrogen-bond donors (Lipinski definition) is 3. The SMILES string of the molecule is CC(O)c1nnc(CC2CCC2)s1.CN.CNC(=O)c1cc(-c2ccccc2)on1. The fourth-order valence-electron chi connectivity index (χ4n) is 2.71. The molecule has 8 nitrogen and oxygen atoms in total. The number of aliphatic hydroxyl groups is 1. The maximum absolute atomic E-state index is 11.2. The summed E-state index contributed by atoms with van der Waals surface area (Å²) in [5, 5.41) is 25.3. The first-order valence-electron chi connectivity index (χ1n) is 9.89. The van der Waals surface area contributed by atoms with Crippen LogP contribution in [0, 0.1) is 5.92 Å². The van der Waals surface area contributed by atoms with E-state index in [1.807, 2.05) is 30.3 Å². The van der Waals surface area contributed by atoms with E-state index in [-0.39, 0.29) is 11.6 Å². The number of nitrogens with zero attached hydrogens (tertiary/aromatic N) is 3. The molecule has 1 aliphatic carbocycles. The Morgan fingerprint density at radius 1 is 1.30 bits per heavy atom. The smallest absolute Gasteiger partial charge is 0.273 e. The number of hydrogen-bond acceptors (Lipinski definition) is 8. The van der Waals surface area contributed by atoms with Crippen LogP contribution in [-0.4, -0.2) is 40.5 Å². The molecule has 0 bridgehead atoms. The Labute approximate surface area is 180 Å². The van der Waals surface area contributed by atoms with Crippen molar-refractivity contribution in [3.8, 4) is 11.3 Å². The van der Waals surface area contributed by atoms with Crippen molar-refractivity contribution in [2.75, 3.05) is 14.1 Å². The van der Waals surface area contributed by atoms with Crippen molar-refractivity contribution in [2.24, 2.45) is 11.7 Å². The molecular weight excluding hydrogens is 402 g/mol. The maximum atomic E-state index is 11.2. The minimum absolute atomic E-state index is 0.249. The minimum Gasteiger partial charge on any atom is -0.386 e. The summed E-state index contributed by atoms with van der Waals surface area (Å²) in [5.41, 5.74) is 5.69. The van der Waals surface area contributed by atoms with Crippen molar-refractivity contribution < 1.29 is 14.4 Å². The van der Waals surface area contributed by atoms with Crippen molar-refractivity contribution in [2.45, 2.75) is 38.7 Å². The van der Waals surface area contributed by atoms with Crippen molar-refractivity contribution in [3.63, 3.8) is 0 Å². The Balaban J connectivity index is 0.000000199. The van der Waals surface area contributed by atoms with Gasteiger partial charge < -0.3 is 20.7 Å². The van der Waals surface area contributed by atoms with Gasteiger partial charge in [0.15, 0.2) is 11.5 Å². The molecule has 3 aromatic rings. The van der Waals surface area contributed by atoms with Gasteiger partial charge in [-0.1, -0.05) is 66.1 Å². The summed E-state index contributed by atoms with van der Waals surface area (Å²) in [7, 11) is 3.05. The molecule has 1 atom stereocenters. The van der Waals surface area contributed by atoms with E-state index in [2.05, 4.69) is 26.4 Å². The number of nitrogens with one attached hydrogen (secondary N) is 1. The lowest BCUT2D eigenvalue weighted by Gasteiger charge is -2.23. The highest BCUT2D eigenvalue weighted by Gasteiger charge is 2.20. The monoisotopic (exact) mass is 431 g/mol. The van der Waals surface area contributed by atoms with E-state index in [9.17, 15) is 9.90 Å². The van der Waals surface area contributed by atoms with Crippen LogP contribution in [0.15, 0.2) is 40.9 Å². The Hall–Kier alpha value is -2.62. The van der Waals surface area contributed by atoms with Crippen LogP contribution in [0.25, 0.3) is 11.3 Å². The average Bonchev–Trinajstić information content (AvgIpc) is 3.43. The molecule has 1 saturated carbocycles. The van der Waals surface area contributed by atoms with Gasteiger partial charge in [-0.15, -0.1) is 10.2 Å². The highest BCUT2D eigenvalue weighted by Crippen LogP contribution is 2.31. The lowest BCUT2D eigenvalue weighted by Crippen LogP contribution is -2.17. The van der Waals surface area contributed by atoms with E-state index < -0.39 is 6.10 Å². The summed E-state index contributed by atoms with van der Waals surface area (Å²) in [5.74, 6) is 1.17. The van der Waals surface area contributed by atoms with Crippen LogP contribution >= 0.6 is 11.3 Å². The summed E-state index contributed by atoms with van der Waals surface area (Å²) in [6.45, 7) is 1.73. The van der Waals surface area contributed by atoms with Gasteiger partial charge in [0, 0.05) is 25.1 Å². The quantitative estimate of drug-likeness (QED) is 0.566. The van der Waals surface area contributed by atoms with Crippen LogP contribution in [0.5, 0.6) is 0 Å². The molecule has 2 aromatic heterocycles. The molecule has 0 spiro atoms. The zero-order valence-electron chi connectivity index (χ0n) is 17.5. The third-order valence-corrected chi connectivity index (χ3v) is 5.67. The second-order valence-corrected chi connectivity index (χ2v) is 7.83. The van der Waals surface area contributed by atoms with Gasteiger partial charge in [0.25, 0.3) is 5.91 Å². The summed E-state index contributed by atoms with van der Waals surface area (Å²) < 4.78 is 5.06. The number of nitrogens with two attached hydrogens (primary N) is 1. The lowest BCUT2D eigenvalue weighted by atomic mass is 9.83. The van der Waals surface area contributed by atoms with Crippen LogP contribution in [-0.2, 0) is 6.42 Å². The number of aliphatic hydroxyl groups excluding tert-OH is 1. The number of rotatable bonds is 5. The molecule has 1 aromatic carbocycles. The molecule has 9 heteroatoms. The zero-order valence-corrected chi connectivity index (χ0v) is 18.4. The van der Waals surface area contributed by atoms with E-state index in [0.29, 0.717) is 5.76 Å². The molecule has 30 heavy (non-hydrogen) atoms. The van der Waals surface area contributed by atoms with Crippen LogP contribution in [0.4, 0.5) is 0 Å². The number of benzene rings is 1. The highest BCUT2D eigenvalue weighted by atomic mass is 32.1. The van der Waals surface area contributed by atoms with Crippen molar-refractivity contribution in [3.05, 3.63) is 52.1 Å². The topological polar surface area (TPSA) is 127 Å². The van der Waals surface area contributed by atoms with Crippen LogP contribution in [0.2, 0.25) is 0 Å². The number of carbonyl (C=O) groups is 1.